The molecule has 27 heavy (non-hydrogen) atoms. The second-order valence-electron chi connectivity index (χ2n) is 7.82. The number of aromatic nitrogens is 4. The van der Waals surface area contributed by atoms with Crippen molar-refractivity contribution < 1.29 is 0 Å². The van der Waals surface area contributed by atoms with Crippen molar-refractivity contribution in [3.8, 4) is 0 Å². The highest BCUT2D eigenvalue weighted by Crippen LogP contribution is 2.14. The quantitative estimate of drug-likeness (QED) is 0.376. The Morgan fingerprint density at radius 3 is 1.89 bits per heavy atom. The van der Waals surface area contributed by atoms with Crippen LogP contribution in [-0.4, -0.2) is 19.6 Å². The zero-order valence-electron chi connectivity index (χ0n) is 17.2. The summed E-state index contributed by atoms with van der Waals surface area (Å²) in [6, 6.07) is 1.64. The lowest BCUT2D eigenvalue weighted by Crippen LogP contribution is -2.12. The summed E-state index contributed by atoms with van der Waals surface area (Å²) in [5.74, 6) is 0.540. The van der Waals surface area contributed by atoms with Gasteiger partial charge in [0, 0.05) is 6.07 Å². The van der Waals surface area contributed by atoms with Crippen LogP contribution in [0, 0.1) is 0 Å². The van der Waals surface area contributed by atoms with E-state index in [0.717, 1.165) is 18.5 Å². The molecular weight excluding hydrogens is 336 g/mol. The van der Waals surface area contributed by atoms with Gasteiger partial charge in [-0.2, -0.15) is 10.1 Å². The molecule has 0 amide bonds. The average Bonchev–Trinajstić information content (AvgIpc) is 3.13. The zero-order valence-corrected chi connectivity index (χ0v) is 17.2. The van der Waals surface area contributed by atoms with E-state index in [4.69, 9.17) is 0 Å². The van der Waals surface area contributed by atoms with E-state index < -0.39 is 0 Å². The van der Waals surface area contributed by atoms with Crippen LogP contribution in [0.1, 0.15) is 109 Å². The molecule has 0 atom stereocenters. The highest BCUT2D eigenvalue weighted by Gasteiger charge is 2.04. The lowest BCUT2D eigenvalue weighted by Gasteiger charge is -2.05. The van der Waals surface area contributed by atoms with E-state index in [1.54, 1.807) is 10.6 Å². The fourth-order valence-corrected chi connectivity index (χ4v) is 3.75. The molecule has 2 aromatic rings. The molecule has 0 saturated carbocycles. The molecule has 0 saturated heterocycles. The molecule has 2 rings (SSSR count). The highest BCUT2D eigenvalue weighted by atomic mass is 16.1. The van der Waals surface area contributed by atoms with Crippen molar-refractivity contribution in [3.05, 3.63) is 28.4 Å². The van der Waals surface area contributed by atoms with E-state index in [9.17, 15) is 4.79 Å². The summed E-state index contributed by atoms with van der Waals surface area (Å²) in [6.45, 7) is 2.28. The fourth-order valence-electron chi connectivity index (χ4n) is 3.75. The minimum absolute atomic E-state index is 0.0912. The van der Waals surface area contributed by atoms with Crippen molar-refractivity contribution in [2.24, 2.45) is 0 Å². The van der Waals surface area contributed by atoms with Gasteiger partial charge in [0.05, 0.1) is 5.69 Å². The van der Waals surface area contributed by atoms with Gasteiger partial charge >= 0.3 is 0 Å². The summed E-state index contributed by atoms with van der Waals surface area (Å²) < 4.78 is 1.74. The van der Waals surface area contributed by atoms with E-state index in [2.05, 4.69) is 22.0 Å². The van der Waals surface area contributed by atoms with Crippen LogP contribution in [0.25, 0.3) is 5.78 Å². The van der Waals surface area contributed by atoms with E-state index in [1.807, 2.05) is 0 Å². The Morgan fingerprint density at radius 1 is 0.815 bits per heavy atom. The second kappa shape index (κ2) is 13.5. The van der Waals surface area contributed by atoms with Gasteiger partial charge in [0.15, 0.2) is 0 Å². The molecule has 2 aromatic heterocycles. The smallest absolute Gasteiger partial charge is 0.252 e. The van der Waals surface area contributed by atoms with E-state index in [1.165, 1.54) is 96.2 Å². The number of aryl methyl sites for hydroxylation is 1. The first-order chi connectivity index (χ1) is 13.3. The minimum Gasteiger partial charge on any atom is -0.291 e. The zero-order chi connectivity index (χ0) is 19.2. The van der Waals surface area contributed by atoms with Gasteiger partial charge in [-0.3, -0.25) is 9.78 Å². The first-order valence-electron chi connectivity index (χ1n) is 11.2. The molecule has 0 spiro atoms. The molecule has 0 fully saturated rings. The van der Waals surface area contributed by atoms with Gasteiger partial charge in [0.2, 0.25) is 5.78 Å². The summed E-state index contributed by atoms with van der Waals surface area (Å²) in [7, 11) is 0. The third kappa shape index (κ3) is 8.72. The average molecular weight is 375 g/mol. The van der Waals surface area contributed by atoms with Gasteiger partial charge < -0.3 is 0 Å². The van der Waals surface area contributed by atoms with Crippen molar-refractivity contribution >= 4 is 5.78 Å². The van der Waals surface area contributed by atoms with Crippen LogP contribution in [0.5, 0.6) is 0 Å². The number of fused-ring (bicyclic) bond motifs is 1. The predicted molar refractivity (Wildman–Crippen MR) is 112 cm³/mol. The summed E-state index contributed by atoms with van der Waals surface area (Å²) in [5.41, 5.74) is 0.868. The number of nitrogens with zero attached hydrogens (tertiary/aromatic N) is 3. The normalized spacial score (nSPS) is 11.4. The summed E-state index contributed by atoms with van der Waals surface area (Å²) in [6.07, 6.45) is 22.9. The standard InChI is InChI=1S/C22H38N4O/c1-2-3-4-5-6-7-8-9-10-11-12-13-14-15-16-17-20-18-21(27)25-22-23-19-24-26(20)22/h18-19H,2-17H2,1H3,(H,23,24,25,27). The summed E-state index contributed by atoms with van der Waals surface area (Å²) in [5, 5.41) is 4.18. The molecule has 5 nitrogen and oxygen atoms in total. The van der Waals surface area contributed by atoms with Gasteiger partial charge in [-0.1, -0.05) is 96.8 Å². The Labute approximate surface area is 164 Å². The lowest BCUT2D eigenvalue weighted by atomic mass is 10.0. The number of hydrogen-bond donors (Lipinski definition) is 1. The first kappa shape index (κ1) is 21.6. The number of H-pyrrole nitrogens is 1. The van der Waals surface area contributed by atoms with Crippen LogP contribution >= 0.6 is 0 Å². The van der Waals surface area contributed by atoms with Gasteiger partial charge in [-0.05, 0) is 12.8 Å². The van der Waals surface area contributed by atoms with Gasteiger partial charge in [-0.25, -0.2) is 4.52 Å². The van der Waals surface area contributed by atoms with Crippen LogP contribution in [0.3, 0.4) is 0 Å². The number of unbranched alkanes of at least 4 members (excludes halogenated alkanes) is 14. The first-order valence-corrected chi connectivity index (χ1v) is 11.2. The van der Waals surface area contributed by atoms with Crippen LogP contribution in [-0.2, 0) is 6.42 Å². The molecule has 0 unspecified atom stereocenters. The fraction of sp³-hybridized carbons (Fsp3) is 0.773. The number of hydrogen-bond acceptors (Lipinski definition) is 3. The number of rotatable bonds is 16. The SMILES string of the molecule is CCCCCCCCCCCCCCCCCc1cc(=O)[nH]c2ncnn12. The van der Waals surface area contributed by atoms with Crippen LogP contribution in [0.2, 0.25) is 0 Å². The third-order valence-electron chi connectivity index (χ3n) is 5.39. The maximum atomic E-state index is 11.6. The van der Waals surface area contributed by atoms with Crippen molar-refractivity contribution in [3.63, 3.8) is 0 Å². The van der Waals surface area contributed by atoms with Gasteiger partial charge in [0.1, 0.15) is 6.33 Å². The lowest BCUT2D eigenvalue weighted by molar-refractivity contribution is 0.531. The largest absolute Gasteiger partial charge is 0.291 e. The van der Waals surface area contributed by atoms with Crippen molar-refractivity contribution in [2.45, 2.75) is 110 Å². The van der Waals surface area contributed by atoms with Crippen molar-refractivity contribution in [1.82, 2.24) is 19.6 Å². The Kier molecular flexibility index (Phi) is 10.8. The molecule has 0 aliphatic heterocycles. The summed E-state index contributed by atoms with van der Waals surface area (Å²) >= 11 is 0. The monoisotopic (exact) mass is 374 g/mol. The van der Waals surface area contributed by atoms with E-state index in [0.29, 0.717) is 5.78 Å². The minimum atomic E-state index is -0.0912. The Hall–Kier alpha value is -1.65. The van der Waals surface area contributed by atoms with Gasteiger partial charge in [-0.15, -0.1) is 0 Å². The van der Waals surface area contributed by atoms with Crippen LogP contribution in [0.15, 0.2) is 17.2 Å². The summed E-state index contributed by atoms with van der Waals surface area (Å²) in [4.78, 5) is 18.4. The maximum absolute atomic E-state index is 11.6. The van der Waals surface area contributed by atoms with E-state index >= 15 is 0 Å². The molecule has 0 aliphatic rings. The topological polar surface area (TPSA) is 63.0 Å². The molecule has 0 bridgehead atoms. The van der Waals surface area contributed by atoms with Gasteiger partial charge in [0.25, 0.3) is 5.56 Å². The van der Waals surface area contributed by atoms with Crippen LogP contribution in [0.4, 0.5) is 0 Å². The Bertz CT molecular complexity index is 676. The molecule has 0 aliphatic carbocycles. The second-order valence-corrected chi connectivity index (χ2v) is 7.82. The third-order valence-corrected chi connectivity index (χ3v) is 5.39. The number of aromatic amines is 1. The molecule has 2 heterocycles. The molecular formula is C22H38N4O. The molecule has 1 N–H and O–H groups in total. The predicted octanol–water partition coefficient (Wildman–Crippen LogP) is 5.83. The molecule has 5 heteroatoms. The molecule has 152 valence electrons. The number of nitrogens with one attached hydrogen (secondary N) is 1. The van der Waals surface area contributed by atoms with E-state index in [-0.39, 0.29) is 5.56 Å². The van der Waals surface area contributed by atoms with Crippen molar-refractivity contribution in [1.29, 1.82) is 0 Å². The van der Waals surface area contributed by atoms with Crippen molar-refractivity contribution in [2.75, 3.05) is 0 Å². The Balaban J connectivity index is 1.41. The highest BCUT2D eigenvalue weighted by molar-refractivity contribution is 5.26. The molecule has 0 aromatic carbocycles. The van der Waals surface area contributed by atoms with Crippen LogP contribution < -0.4 is 5.56 Å². The Morgan fingerprint density at radius 2 is 1.33 bits per heavy atom. The maximum Gasteiger partial charge on any atom is 0.252 e. The molecule has 0 radical (unpaired) electrons.